The first-order valence-corrected chi connectivity index (χ1v) is 8.91. The molecule has 1 heterocycles. The lowest BCUT2D eigenvalue weighted by atomic mass is 10.0. The van der Waals surface area contributed by atoms with Gasteiger partial charge >= 0.3 is 0 Å². The van der Waals surface area contributed by atoms with E-state index in [-0.39, 0.29) is 5.82 Å². The van der Waals surface area contributed by atoms with Crippen molar-refractivity contribution in [2.24, 2.45) is 0 Å². The standard InChI is InChI=1S/C21H17FN4S/c22-19-10-3-4-11-20(19)25-21(27)24-17-12-23-26(14-17)13-16-8-5-7-15-6-1-2-9-18(15)16/h1-12,14H,13H2,(H2,24,25,27). The Hall–Kier alpha value is -3.25. The number of nitrogens with one attached hydrogen (secondary N) is 2. The van der Waals surface area contributed by atoms with Crippen LogP contribution in [0, 0.1) is 5.82 Å². The Labute approximate surface area is 161 Å². The van der Waals surface area contributed by atoms with Crippen LogP contribution in [0.25, 0.3) is 10.8 Å². The largest absolute Gasteiger partial charge is 0.330 e. The van der Waals surface area contributed by atoms with Crippen LogP contribution in [0.1, 0.15) is 5.56 Å². The number of fused-ring (bicyclic) bond motifs is 1. The number of thiocarbonyl (C=S) groups is 1. The fourth-order valence-corrected chi connectivity index (χ4v) is 3.19. The number of rotatable bonds is 4. The van der Waals surface area contributed by atoms with Crippen molar-refractivity contribution in [1.29, 1.82) is 0 Å². The van der Waals surface area contributed by atoms with E-state index >= 15 is 0 Å². The minimum atomic E-state index is -0.353. The molecule has 0 saturated carbocycles. The van der Waals surface area contributed by atoms with Crippen LogP contribution in [0.4, 0.5) is 15.8 Å². The Bertz CT molecular complexity index is 1100. The Morgan fingerprint density at radius 2 is 1.74 bits per heavy atom. The topological polar surface area (TPSA) is 41.9 Å². The molecule has 0 saturated heterocycles. The van der Waals surface area contributed by atoms with Crippen LogP contribution in [0.3, 0.4) is 0 Å². The van der Waals surface area contributed by atoms with Gasteiger partial charge in [0, 0.05) is 6.20 Å². The van der Waals surface area contributed by atoms with Crippen LogP contribution in [-0.2, 0) is 6.54 Å². The second kappa shape index (κ2) is 7.55. The Kier molecular flexibility index (Phi) is 4.80. The summed E-state index contributed by atoms with van der Waals surface area (Å²) in [7, 11) is 0. The highest BCUT2D eigenvalue weighted by Crippen LogP contribution is 2.20. The van der Waals surface area contributed by atoms with Gasteiger partial charge in [-0.25, -0.2) is 4.39 Å². The summed E-state index contributed by atoms with van der Waals surface area (Å²) in [6, 6.07) is 20.9. The molecule has 4 nitrogen and oxygen atoms in total. The molecular formula is C21H17FN4S. The number of anilines is 2. The summed E-state index contributed by atoms with van der Waals surface area (Å²) in [4.78, 5) is 0. The second-order valence-corrected chi connectivity index (χ2v) is 6.53. The number of para-hydroxylation sites is 1. The van der Waals surface area contributed by atoms with Gasteiger partial charge in [0.2, 0.25) is 0 Å². The van der Waals surface area contributed by atoms with Crippen LogP contribution in [0.15, 0.2) is 79.1 Å². The molecule has 2 N–H and O–H groups in total. The van der Waals surface area contributed by atoms with E-state index in [2.05, 4.69) is 40.0 Å². The fourth-order valence-electron chi connectivity index (χ4n) is 2.97. The molecule has 0 aliphatic heterocycles. The molecule has 0 fully saturated rings. The van der Waals surface area contributed by atoms with Crippen molar-refractivity contribution >= 4 is 39.5 Å². The van der Waals surface area contributed by atoms with E-state index in [1.165, 1.54) is 22.4 Å². The van der Waals surface area contributed by atoms with Crippen LogP contribution in [-0.4, -0.2) is 14.9 Å². The van der Waals surface area contributed by atoms with Crippen molar-refractivity contribution in [3.8, 4) is 0 Å². The molecule has 27 heavy (non-hydrogen) atoms. The molecule has 0 aliphatic carbocycles. The third-order valence-electron chi connectivity index (χ3n) is 4.23. The molecule has 0 spiro atoms. The maximum Gasteiger partial charge on any atom is 0.175 e. The summed E-state index contributed by atoms with van der Waals surface area (Å²) in [5, 5.41) is 13.0. The van der Waals surface area contributed by atoms with E-state index in [9.17, 15) is 4.39 Å². The summed E-state index contributed by atoms with van der Waals surface area (Å²) < 4.78 is 15.5. The summed E-state index contributed by atoms with van der Waals surface area (Å²) in [5.41, 5.74) is 2.26. The summed E-state index contributed by atoms with van der Waals surface area (Å²) >= 11 is 5.25. The summed E-state index contributed by atoms with van der Waals surface area (Å²) in [5.74, 6) is -0.353. The van der Waals surface area contributed by atoms with Crippen LogP contribution < -0.4 is 10.6 Å². The van der Waals surface area contributed by atoms with Crippen molar-refractivity contribution in [2.75, 3.05) is 10.6 Å². The molecule has 4 rings (SSSR count). The average Bonchev–Trinajstić information content (AvgIpc) is 3.11. The fraction of sp³-hybridized carbons (Fsp3) is 0.0476. The van der Waals surface area contributed by atoms with Crippen molar-refractivity contribution < 1.29 is 4.39 Å². The monoisotopic (exact) mass is 376 g/mol. The van der Waals surface area contributed by atoms with Gasteiger partial charge in [-0.2, -0.15) is 5.10 Å². The molecule has 4 aromatic rings. The van der Waals surface area contributed by atoms with Gasteiger partial charge in [-0.3, -0.25) is 4.68 Å². The van der Waals surface area contributed by atoms with E-state index in [0.717, 1.165) is 5.69 Å². The van der Waals surface area contributed by atoms with Gasteiger partial charge in [0.1, 0.15) is 5.82 Å². The molecule has 0 bridgehead atoms. The predicted octanol–water partition coefficient (Wildman–Crippen LogP) is 5.03. The van der Waals surface area contributed by atoms with Gasteiger partial charge in [0.15, 0.2) is 5.11 Å². The molecule has 0 unspecified atom stereocenters. The van der Waals surface area contributed by atoms with Crippen molar-refractivity contribution in [2.45, 2.75) is 6.54 Å². The molecule has 0 aliphatic rings. The first-order valence-electron chi connectivity index (χ1n) is 8.51. The molecule has 1 aromatic heterocycles. The molecule has 0 atom stereocenters. The smallest absolute Gasteiger partial charge is 0.175 e. The minimum absolute atomic E-state index is 0.310. The zero-order chi connectivity index (χ0) is 18.6. The number of halogens is 1. The normalized spacial score (nSPS) is 10.7. The van der Waals surface area contributed by atoms with Crippen LogP contribution in [0.5, 0.6) is 0 Å². The van der Waals surface area contributed by atoms with E-state index in [1.807, 2.05) is 29.1 Å². The third-order valence-corrected chi connectivity index (χ3v) is 4.43. The predicted molar refractivity (Wildman–Crippen MR) is 112 cm³/mol. The van der Waals surface area contributed by atoms with Gasteiger partial charge in [-0.05, 0) is 40.7 Å². The van der Waals surface area contributed by atoms with Crippen LogP contribution >= 0.6 is 12.2 Å². The zero-order valence-electron chi connectivity index (χ0n) is 14.4. The number of benzene rings is 3. The average molecular weight is 376 g/mol. The molecule has 134 valence electrons. The molecule has 3 aromatic carbocycles. The van der Waals surface area contributed by atoms with Gasteiger partial charge in [-0.1, -0.05) is 54.6 Å². The second-order valence-electron chi connectivity index (χ2n) is 6.12. The first kappa shape index (κ1) is 17.2. The van der Waals surface area contributed by atoms with Crippen LogP contribution in [0.2, 0.25) is 0 Å². The molecular weight excluding hydrogens is 359 g/mol. The molecule has 6 heteroatoms. The lowest BCUT2D eigenvalue weighted by Gasteiger charge is -2.09. The van der Waals surface area contributed by atoms with Gasteiger partial charge in [-0.15, -0.1) is 0 Å². The quantitative estimate of drug-likeness (QED) is 0.490. The zero-order valence-corrected chi connectivity index (χ0v) is 15.2. The van der Waals surface area contributed by atoms with E-state index in [1.54, 1.807) is 24.4 Å². The maximum atomic E-state index is 13.7. The lowest BCUT2D eigenvalue weighted by molar-refractivity contribution is 0.632. The van der Waals surface area contributed by atoms with E-state index < -0.39 is 0 Å². The van der Waals surface area contributed by atoms with Crippen molar-refractivity contribution in [3.05, 3.63) is 90.5 Å². The van der Waals surface area contributed by atoms with Gasteiger partial charge < -0.3 is 10.6 Å². The number of hydrogen-bond donors (Lipinski definition) is 2. The Balaban J connectivity index is 1.45. The highest BCUT2D eigenvalue weighted by Gasteiger charge is 2.06. The maximum absolute atomic E-state index is 13.7. The lowest BCUT2D eigenvalue weighted by Crippen LogP contribution is -2.19. The summed E-state index contributed by atoms with van der Waals surface area (Å²) in [6.07, 6.45) is 3.57. The number of hydrogen-bond acceptors (Lipinski definition) is 2. The SMILES string of the molecule is Fc1ccccc1NC(=S)Nc1cnn(Cc2cccc3ccccc23)c1. The number of aromatic nitrogens is 2. The van der Waals surface area contributed by atoms with Gasteiger partial charge in [0.05, 0.1) is 24.1 Å². The van der Waals surface area contributed by atoms with Crippen molar-refractivity contribution in [3.63, 3.8) is 0 Å². The molecule has 0 amide bonds. The minimum Gasteiger partial charge on any atom is -0.330 e. The van der Waals surface area contributed by atoms with Gasteiger partial charge in [0.25, 0.3) is 0 Å². The Morgan fingerprint density at radius 1 is 0.963 bits per heavy atom. The van der Waals surface area contributed by atoms with Crippen molar-refractivity contribution in [1.82, 2.24) is 9.78 Å². The Morgan fingerprint density at radius 3 is 2.63 bits per heavy atom. The highest BCUT2D eigenvalue weighted by molar-refractivity contribution is 7.80. The summed E-state index contributed by atoms with van der Waals surface area (Å²) in [6.45, 7) is 0.649. The number of nitrogens with zero attached hydrogens (tertiary/aromatic N) is 2. The van der Waals surface area contributed by atoms with E-state index in [4.69, 9.17) is 12.2 Å². The first-order chi connectivity index (χ1) is 13.2. The third kappa shape index (κ3) is 3.96. The highest BCUT2D eigenvalue weighted by atomic mass is 32.1. The van der Waals surface area contributed by atoms with E-state index in [0.29, 0.717) is 17.3 Å². The molecule has 0 radical (unpaired) electrons.